The van der Waals surface area contributed by atoms with E-state index >= 15 is 0 Å². The van der Waals surface area contributed by atoms with Gasteiger partial charge in [-0.15, -0.1) is 0 Å². The molecule has 1 amide bonds. The molecule has 38 heavy (non-hydrogen) atoms. The molecule has 2 aliphatic heterocycles. The number of piperazine rings is 1. The van der Waals surface area contributed by atoms with E-state index in [2.05, 4.69) is 45.1 Å². The number of hydrogen-bond donors (Lipinski definition) is 0. The molecule has 1 aromatic heterocycles. The van der Waals surface area contributed by atoms with Gasteiger partial charge in [0.15, 0.2) is 0 Å². The minimum absolute atomic E-state index is 0.0365. The molecule has 2 fully saturated rings. The molecule has 200 valence electrons. The van der Waals surface area contributed by atoms with Crippen LogP contribution in [0.5, 0.6) is 11.5 Å². The first-order valence-electron chi connectivity index (χ1n) is 13.7. The van der Waals surface area contributed by atoms with Gasteiger partial charge >= 0.3 is 0 Å². The second-order valence-electron chi connectivity index (χ2n) is 10.3. The summed E-state index contributed by atoms with van der Waals surface area (Å²) in [6.45, 7) is 8.34. The minimum atomic E-state index is 0.0365. The highest BCUT2D eigenvalue weighted by atomic mass is 16.5. The molecule has 5 rings (SSSR count). The highest BCUT2D eigenvalue weighted by Crippen LogP contribution is 2.24. The SMILES string of the molecule is COc1ccccc1C(=O)N1CCCC(COc2ccc(CN3CCN(Cc4cccnc4)CC3)cc2)C1. The molecule has 0 spiro atoms. The van der Waals surface area contributed by atoms with Gasteiger partial charge in [-0.25, -0.2) is 0 Å². The number of rotatable bonds is 9. The van der Waals surface area contributed by atoms with E-state index in [-0.39, 0.29) is 5.91 Å². The van der Waals surface area contributed by atoms with Gasteiger partial charge in [0, 0.05) is 70.7 Å². The van der Waals surface area contributed by atoms with Crippen molar-refractivity contribution in [1.29, 1.82) is 0 Å². The van der Waals surface area contributed by atoms with Crippen LogP contribution in [0.2, 0.25) is 0 Å². The molecule has 0 aliphatic carbocycles. The second kappa shape index (κ2) is 12.9. The molecule has 0 bridgehead atoms. The van der Waals surface area contributed by atoms with Crippen LogP contribution in [0, 0.1) is 5.92 Å². The van der Waals surface area contributed by atoms with Crippen molar-refractivity contribution in [2.24, 2.45) is 5.92 Å². The zero-order chi connectivity index (χ0) is 26.2. The average molecular weight is 515 g/mol. The molecule has 3 aromatic rings. The van der Waals surface area contributed by atoms with Crippen LogP contribution in [0.3, 0.4) is 0 Å². The van der Waals surface area contributed by atoms with Crippen LogP contribution in [-0.2, 0) is 13.1 Å². The lowest BCUT2D eigenvalue weighted by molar-refractivity contribution is 0.0630. The number of para-hydroxylation sites is 1. The summed E-state index contributed by atoms with van der Waals surface area (Å²) in [5, 5.41) is 0. The van der Waals surface area contributed by atoms with Crippen LogP contribution in [0.4, 0.5) is 0 Å². The summed E-state index contributed by atoms with van der Waals surface area (Å²) in [6.07, 6.45) is 5.85. The van der Waals surface area contributed by atoms with Crippen molar-refractivity contribution >= 4 is 5.91 Å². The summed E-state index contributed by atoms with van der Waals surface area (Å²) in [5.74, 6) is 1.88. The third-order valence-corrected chi connectivity index (χ3v) is 7.55. The zero-order valence-electron chi connectivity index (χ0n) is 22.3. The number of ether oxygens (including phenoxy) is 2. The van der Waals surface area contributed by atoms with Crippen molar-refractivity contribution in [3.8, 4) is 11.5 Å². The predicted molar refractivity (Wildman–Crippen MR) is 148 cm³/mol. The number of carbonyl (C=O) groups excluding carboxylic acids is 1. The Balaban J connectivity index is 1.06. The number of likely N-dealkylation sites (tertiary alicyclic amines) is 1. The van der Waals surface area contributed by atoms with E-state index in [4.69, 9.17) is 9.47 Å². The molecular weight excluding hydrogens is 476 g/mol. The minimum Gasteiger partial charge on any atom is -0.496 e. The number of nitrogens with zero attached hydrogens (tertiary/aromatic N) is 4. The molecule has 0 radical (unpaired) electrons. The Bertz CT molecular complexity index is 1160. The third-order valence-electron chi connectivity index (χ3n) is 7.55. The summed E-state index contributed by atoms with van der Waals surface area (Å²) in [6, 6.07) is 20.1. The Morgan fingerprint density at radius 2 is 1.63 bits per heavy atom. The quantitative estimate of drug-likeness (QED) is 0.424. The molecule has 7 nitrogen and oxygen atoms in total. The van der Waals surface area contributed by atoms with E-state index < -0.39 is 0 Å². The molecule has 7 heteroatoms. The predicted octanol–water partition coefficient (Wildman–Crippen LogP) is 4.34. The Morgan fingerprint density at radius 3 is 2.34 bits per heavy atom. The first-order valence-corrected chi connectivity index (χ1v) is 13.7. The normalized spacial score (nSPS) is 18.8. The molecule has 3 heterocycles. The van der Waals surface area contributed by atoms with Crippen LogP contribution >= 0.6 is 0 Å². The molecule has 1 unspecified atom stereocenters. The van der Waals surface area contributed by atoms with Crippen molar-refractivity contribution in [2.45, 2.75) is 25.9 Å². The van der Waals surface area contributed by atoms with Crippen LogP contribution in [0.25, 0.3) is 0 Å². The van der Waals surface area contributed by atoms with E-state index in [0.717, 1.165) is 64.4 Å². The molecule has 0 N–H and O–H groups in total. The summed E-state index contributed by atoms with van der Waals surface area (Å²) >= 11 is 0. The van der Waals surface area contributed by atoms with E-state index in [1.54, 1.807) is 7.11 Å². The van der Waals surface area contributed by atoms with E-state index in [1.807, 2.05) is 47.6 Å². The van der Waals surface area contributed by atoms with Crippen LogP contribution in [0.15, 0.2) is 73.1 Å². The van der Waals surface area contributed by atoms with Gasteiger partial charge in [0.2, 0.25) is 0 Å². The summed E-state index contributed by atoms with van der Waals surface area (Å²) in [7, 11) is 1.61. The van der Waals surface area contributed by atoms with Gasteiger partial charge in [-0.3, -0.25) is 19.6 Å². The largest absolute Gasteiger partial charge is 0.496 e. The average Bonchev–Trinajstić information content (AvgIpc) is 2.98. The lowest BCUT2D eigenvalue weighted by Crippen LogP contribution is -2.45. The number of hydrogen-bond acceptors (Lipinski definition) is 6. The summed E-state index contributed by atoms with van der Waals surface area (Å²) in [5.41, 5.74) is 3.21. The monoisotopic (exact) mass is 514 g/mol. The lowest BCUT2D eigenvalue weighted by Gasteiger charge is -2.34. The Kier molecular flexibility index (Phi) is 8.89. The maximum Gasteiger partial charge on any atom is 0.257 e. The Labute approximate surface area is 226 Å². The molecule has 2 aromatic carbocycles. The smallest absolute Gasteiger partial charge is 0.257 e. The number of amides is 1. The second-order valence-corrected chi connectivity index (χ2v) is 10.3. The first kappa shape index (κ1) is 26.2. The van der Waals surface area contributed by atoms with Crippen LogP contribution < -0.4 is 9.47 Å². The number of piperidine rings is 1. The molecule has 2 saturated heterocycles. The van der Waals surface area contributed by atoms with Gasteiger partial charge in [0.25, 0.3) is 5.91 Å². The fourth-order valence-corrected chi connectivity index (χ4v) is 5.40. The number of aromatic nitrogens is 1. The van der Waals surface area contributed by atoms with Crippen LogP contribution in [0.1, 0.15) is 34.3 Å². The van der Waals surface area contributed by atoms with Gasteiger partial charge in [-0.1, -0.05) is 30.3 Å². The van der Waals surface area contributed by atoms with E-state index in [1.165, 1.54) is 11.1 Å². The highest BCUT2D eigenvalue weighted by molar-refractivity contribution is 5.97. The number of benzene rings is 2. The maximum absolute atomic E-state index is 13.1. The van der Waals surface area contributed by atoms with Gasteiger partial charge in [0.1, 0.15) is 11.5 Å². The maximum atomic E-state index is 13.1. The molecular formula is C31H38N4O3. The van der Waals surface area contributed by atoms with E-state index in [0.29, 0.717) is 30.4 Å². The fraction of sp³-hybridized carbons (Fsp3) is 0.419. The molecule has 1 atom stereocenters. The molecule has 0 saturated carbocycles. The van der Waals surface area contributed by atoms with Crippen molar-refractivity contribution in [2.75, 3.05) is 53.0 Å². The van der Waals surface area contributed by atoms with Crippen molar-refractivity contribution < 1.29 is 14.3 Å². The number of pyridine rings is 1. The zero-order valence-corrected chi connectivity index (χ0v) is 22.3. The number of carbonyl (C=O) groups is 1. The van der Waals surface area contributed by atoms with Gasteiger partial charge in [-0.2, -0.15) is 0 Å². The van der Waals surface area contributed by atoms with Gasteiger partial charge in [0.05, 0.1) is 19.3 Å². The van der Waals surface area contributed by atoms with Gasteiger partial charge < -0.3 is 14.4 Å². The van der Waals surface area contributed by atoms with Crippen molar-refractivity contribution in [3.05, 3.63) is 89.7 Å². The summed E-state index contributed by atoms with van der Waals surface area (Å²) < 4.78 is 11.5. The van der Waals surface area contributed by atoms with E-state index in [9.17, 15) is 4.79 Å². The third kappa shape index (κ3) is 6.91. The molecule has 2 aliphatic rings. The van der Waals surface area contributed by atoms with Gasteiger partial charge in [-0.05, 0) is 54.3 Å². The standard InChI is InChI=1S/C31H38N4O3/c1-37-30-9-3-2-8-29(30)31(36)35-15-5-7-27(23-35)24-38-28-12-10-25(11-13-28)21-33-16-18-34(19-17-33)22-26-6-4-14-32-20-26/h2-4,6,8-14,20,27H,5,7,15-19,21-24H2,1H3. The topological polar surface area (TPSA) is 58.1 Å². The lowest BCUT2D eigenvalue weighted by atomic mass is 9.98. The Hall–Kier alpha value is -3.42. The summed E-state index contributed by atoms with van der Waals surface area (Å²) in [4.78, 5) is 24.3. The first-order chi connectivity index (χ1) is 18.7. The van der Waals surface area contributed by atoms with Crippen molar-refractivity contribution in [3.63, 3.8) is 0 Å². The highest BCUT2D eigenvalue weighted by Gasteiger charge is 2.26. The number of methoxy groups -OCH3 is 1. The fourth-order valence-electron chi connectivity index (χ4n) is 5.40. The Morgan fingerprint density at radius 1 is 0.895 bits per heavy atom. The van der Waals surface area contributed by atoms with Crippen LogP contribution in [-0.4, -0.2) is 78.6 Å². The van der Waals surface area contributed by atoms with Crippen molar-refractivity contribution in [1.82, 2.24) is 19.7 Å².